The number of carbonyl (C=O) groups excluding carboxylic acids is 1. The van der Waals surface area contributed by atoms with Crippen molar-refractivity contribution >= 4 is 5.91 Å². The Kier molecular flexibility index (Phi) is 3.71. The summed E-state index contributed by atoms with van der Waals surface area (Å²) in [5, 5.41) is 17.1. The van der Waals surface area contributed by atoms with Gasteiger partial charge in [-0.2, -0.15) is 5.10 Å². The first-order valence-electron chi connectivity index (χ1n) is 6.65. The third-order valence-corrected chi connectivity index (χ3v) is 3.59. The molecule has 0 aromatic carbocycles. The molecule has 0 aliphatic heterocycles. The lowest BCUT2D eigenvalue weighted by Gasteiger charge is -2.36. The number of nitrogens with one attached hydrogen (secondary N) is 1. The molecule has 0 spiro atoms. The van der Waals surface area contributed by atoms with Gasteiger partial charge in [-0.3, -0.25) is 9.48 Å². The lowest BCUT2D eigenvalue weighted by Crippen LogP contribution is -2.48. The molecule has 1 aliphatic carbocycles. The zero-order valence-corrected chi connectivity index (χ0v) is 11.1. The van der Waals surface area contributed by atoms with E-state index in [0.717, 1.165) is 31.4 Å². The van der Waals surface area contributed by atoms with Crippen LogP contribution >= 0.6 is 0 Å². The van der Waals surface area contributed by atoms with Crippen LogP contribution in [0.3, 0.4) is 0 Å². The summed E-state index contributed by atoms with van der Waals surface area (Å²) >= 11 is 0. The van der Waals surface area contributed by atoms with E-state index < -0.39 is 5.60 Å². The van der Waals surface area contributed by atoms with Crippen molar-refractivity contribution in [2.75, 3.05) is 6.54 Å². The lowest BCUT2D eigenvalue weighted by atomic mass is 9.80. The number of aryl methyl sites for hydroxylation is 2. The zero-order valence-electron chi connectivity index (χ0n) is 11.1. The third kappa shape index (κ3) is 2.56. The molecule has 5 nitrogen and oxygen atoms in total. The number of amides is 1. The summed E-state index contributed by atoms with van der Waals surface area (Å²) < 4.78 is 1.71. The predicted molar refractivity (Wildman–Crippen MR) is 68.4 cm³/mol. The Morgan fingerprint density at radius 1 is 1.56 bits per heavy atom. The average Bonchev–Trinajstić information content (AvgIpc) is 2.77. The van der Waals surface area contributed by atoms with Crippen molar-refractivity contribution in [3.8, 4) is 0 Å². The SMILES string of the molecule is CCc1cc(C(=O)NCC2(O)CCC2)n(CC)n1. The first-order chi connectivity index (χ1) is 8.58. The summed E-state index contributed by atoms with van der Waals surface area (Å²) in [6.07, 6.45) is 3.41. The van der Waals surface area contributed by atoms with E-state index in [1.807, 2.05) is 19.9 Å². The standard InChI is InChI=1S/C13H21N3O2/c1-3-10-8-11(16(4-2)15-10)12(17)14-9-13(18)6-5-7-13/h8,18H,3-7,9H2,1-2H3,(H,14,17). The fourth-order valence-electron chi connectivity index (χ4n) is 2.16. The molecule has 2 rings (SSSR count). The fraction of sp³-hybridized carbons (Fsp3) is 0.692. The van der Waals surface area contributed by atoms with Gasteiger partial charge in [0.1, 0.15) is 5.69 Å². The Labute approximate surface area is 107 Å². The molecule has 18 heavy (non-hydrogen) atoms. The highest BCUT2D eigenvalue weighted by Crippen LogP contribution is 2.30. The van der Waals surface area contributed by atoms with Crippen LogP contribution in [0.15, 0.2) is 6.07 Å². The van der Waals surface area contributed by atoms with Crippen LogP contribution in [0.4, 0.5) is 0 Å². The van der Waals surface area contributed by atoms with Gasteiger partial charge in [0.15, 0.2) is 0 Å². The van der Waals surface area contributed by atoms with E-state index in [2.05, 4.69) is 10.4 Å². The van der Waals surface area contributed by atoms with Crippen molar-refractivity contribution in [1.29, 1.82) is 0 Å². The maximum atomic E-state index is 12.1. The number of nitrogens with zero attached hydrogens (tertiary/aromatic N) is 2. The number of rotatable bonds is 5. The topological polar surface area (TPSA) is 67.2 Å². The predicted octanol–water partition coefficient (Wildman–Crippen LogP) is 1.11. The molecule has 5 heteroatoms. The van der Waals surface area contributed by atoms with E-state index in [1.54, 1.807) is 4.68 Å². The maximum absolute atomic E-state index is 12.1. The molecule has 100 valence electrons. The van der Waals surface area contributed by atoms with Crippen LogP contribution < -0.4 is 5.32 Å². The van der Waals surface area contributed by atoms with Gasteiger partial charge >= 0.3 is 0 Å². The minimum absolute atomic E-state index is 0.149. The normalized spacial score (nSPS) is 17.3. The Morgan fingerprint density at radius 2 is 2.28 bits per heavy atom. The van der Waals surface area contributed by atoms with Gasteiger partial charge in [-0.25, -0.2) is 0 Å². The highest BCUT2D eigenvalue weighted by Gasteiger charge is 2.34. The third-order valence-electron chi connectivity index (χ3n) is 3.59. The Morgan fingerprint density at radius 3 is 2.78 bits per heavy atom. The van der Waals surface area contributed by atoms with E-state index >= 15 is 0 Å². The van der Waals surface area contributed by atoms with E-state index in [1.165, 1.54) is 0 Å². The molecule has 1 heterocycles. The molecule has 0 bridgehead atoms. The van der Waals surface area contributed by atoms with Gasteiger partial charge in [0.25, 0.3) is 5.91 Å². The summed E-state index contributed by atoms with van der Waals surface area (Å²) in [4.78, 5) is 12.1. The van der Waals surface area contributed by atoms with Crippen molar-refractivity contribution in [3.05, 3.63) is 17.5 Å². The van der Waals surface area contributed by atoms with Gasteiger partial charge in [0.05, 0.1) is 11.3 Å². The zero-order chi connectivity index (χ0) is 13.2. The molecule has 0 radical (unpaired) electrons. The number of aromatic nitrogens is 2. The van der Waals surface area contributed by atoms with Crippen molar-refractivity contribution in [1.82, 2.24) is 15.1 Å². The van der Waals surface area contributed by atoms with Crippen molar-refractivity contribution in [3.63, 3.8) is 0 Å². The second-order valence-electron chi connectivity index (χ2n) is 4.95. The maximum Gasteiger partial charge on any atom is 0.269 e. The van der Waals surface area contributed by atoms with Crippen LogP contribution in [0.2, 0.25) is 0 Å². The second kappa shape index (κ2) is 5.10. The van der Waals surface area contributed by atoms with Crippen LogP contribution in [-0.2, 0) is 13.0 Å². The summed E-state index contributed by atoms with van der Waals surface area (Å²) in [6, 6.07) is 1.82. The van der Waals surface area contributed by atoms with Crippen LogP contribution in [0.25, 0.3) is 0 Å². The van der Waals surface area contributed by atoms with E-state index in [9.17, 15) is 9.90 Å². The Bertz CT molecular complexity index is 435. The van der Waals surface area contributed by atoms with Gasteiger partial charge in [-0.05, 0) is 38.7 Å². The molecule has 2 N–H and O–H groups in total. The highest BCUT2D eigenvalue weighted by molar-refractivity contribution is 5.92. The van der Waals surface area contributed by atoms with Gasteiger partial charge in [-0.1, -0.05) is 6.92 Å². The van der Waals surface area contributed by atoms with E-state index in [0.29, 0.717) is 18.8 Å². The molecule has 1 fully saturated rings. The smallest absolute Gasteiger partial charge is 0.269 e. The Balaban J connectivity index is 2.01. The van der Waals surface area contributed by atoms with Gasteiger partial charge in [-0.15, -0.1) is 0 Å². The lowest BCUT2D eigenvalue weighted by molar-refractivity contribution is -0.0301. The number of carbonyl (C=O) groups is 1. The minimum atomic E-state index is -0.680. The molecule has 0 unspecified atom stereocenters. The van der Waals surface area contributed by atoms with Crippen molar-refractivity contribution in [2.45, 2.75) is 51.7 Å². The molecule has 1 aromatic rings. The van der Waals surface area contributed by atoms with Crippen LogP contribution in [-0.4, -0.2) is 32.9 Å². The molecular weight excluding hydrogens is 230 g/mol. The number of hydrogen-bond acceptors (Lipinski definition) is 3. The van der Waals surface area contributed by atoms with Crippen LogP contribution in [0, 0.1) is 0 Å². The van der Waals surface area contributed by atoms with Gasteiger partial charge in [0, 0.05) is 13.1 Å². The molecule has 1 saturated carbocycles. The van der Waals surface area contributed by atoms with Crippen molar-refractivity contribution in [2.24, 2.45) is 0 Å². The summed E-state index contributed by atoms with van der Waals surface area (Å²) in [5.74, 6) is -0.149. The second-order valence-corrected chi connectivity index (χ2v) is 4.95. The summed E-state index contributed by atoms with van der Waals surface area (Å²) in [5.41, 5.74) is 0.821. The molecule has 0 saturated heterocycles. The first kappa shape index (κ1) is 13.1. The fourth-order valence-corrected chi connectivity index (χ4v) is 2.16. The average molecular weight is 251 g/mol. The summed E-state index contributed by atoms with van der Waals surface area (Å²) in [7, 11) is 0. The molecule has 1 aliphatic rings. The molecule has 0 atom stereocenters. The highest BCUT2D eigenvalue weighted by atomic mass is 16.3. The molecule has 1 aromatic heterocycles. The minimum Gasteiger partial charge on any atom is -0.388 e. The largest absolute Gasteiger partial charge is 0.388 e. The molecular formula is C13H21N3O2. The van der Waals surface area contributed by atoms with Gasteiger partial charge < -0.3 is 10.4 Å². The van der Waals surface area contributed by atoms with Gasteiger partial charge in [0.2, 0.25) is 0 Å². The van der Waals surface area contributed by atoms with Crippen LogP contribution in [0.1, 0.15) is 49.3 Å². The number of hydrogen-bond donors (Lipinski definition) is 2. The van der Waals surface area contributed by atoms with E-state index in [-0.39, 0.29) is 5.91 Å². The van der Waals surface area contributed by atoms with Crippen LogP contribution in [0.5, 0.6) is 0 Å². The number of aliphatic hydroxyl groups is 1. The summed E-state index contributed by atoms with van der Waals surface area (Å²) in [6.45, 7) is 4.99. The van der Waals surface area contributed by atoms with E-state index in [4.69, 9.17) is 0 Å². The monoisotopic (exact) mass is 251 g/mol. The quantitative estimate of drug-likeness (QED) is 0.823. The first-order valence-corrected chi connectivity index (χ1v) is 6.65. The Hall–Kier alpha value is -1.36. The van der Waals surface area contributed by atoms with Crippen molar-refractivity contribution < 1.29 is 9.90 Å². The molecule has 1 amide bonds.